The van der Waals surface area contributed by atoms with Gasteiger partial charge in [0.05, 0.1) is 5.92 Å². The van der Waals surface area contributed by atoms with Crippen LogP contribution in [0, 0.1) is 5.92 Å². The van der Waals surface area contributed by atoms with E-state index in [0.717, 1.165) is 0 Å². The third kappa shape index (κ3) is 3.34. The molecule has 2 N–H and O–H groups in total. The van der Waals surface area contributed by atoms with Gasteiger partial charge in [-0.15, -0.1) is 12.4 Å². The van der Waals surface area contributed by atoms with Crippen LogP contribution in [-0.4, -0.2) is 29.8 Å². The van der Waals surface area contributed by atoms with Crippen molar-refractivity contribution in [3.63, 3.8) is 0 Å². The summed E-state index contributed by atoms with van der Waals surface area (Å²) in [4.78, 5) is 10.4. The number of piperidine rings is 1. The number of carboxylic acid groups (broad SMARTS) is 1. The van der Waals surface area contributed by atoms with Gasteiger partial charge in [-0.3, -0.25) is 4.79 Å². The normalized spacial score (nSPS) is 27.9. The maximum Gasteiger partial charge on any atom is 0.403 e. The third-order valence-electron chi connectivity index (χ3n) is 2.15. The lowest BCUT2D eigenvalue weighted by Gasteiger charge is -2.29. The lowest BCUT2D eigenvalue weighted by atomic mass is 9.92. The Labute approximate surface area is 85.1 Å². The monoisotopic (exact) mass is 233 g/mol. The molecule has 84 valence electrons. The largest absolute Gasteiger partial charge is 0.481 e. The van der Waals surface area contributed by atoms with Crippen molar-refractivity contribution in [2.45, 2.75) is 25.1 Å². The lowest BCUT2D eigenvalue weighted by molar-refractivity contribution is -0.168. The molecular formula is C7H11ClF3NO2. The summed E-state index contributed by atoms with van der Waals surface area (Å²) in [6, 6.07) is -1.66. The molecule has 0 bridgehead atoms. The van der Waals surface area contributed by atoms with Crippen molar-refractivity contribution in [1.82, 2.24) is 5.32 Å². The van der Waals surface area contributed by atoms with Crippen LogP contribution in [0.3, 0.4) is 0 Å². The number of carboxylic acids is 1. The van der Waals surface area contributed by atoms with Crippen molar-refractivity contribution < 1.29 is 23.1 Å². The van der Waals surface area contributed by atoms with E-state index in [2.05, 4.69) is 5.32 Å². The molecule has 1 aliphatic rings. The number of carbonyl (C=O) groups is 1. The maximum atomic E-state index is 12.1. The Bertz CT molecular complexity index is 210. The van der Waals surface area contributed by atoms with Crippen LogP contribution in [0.1, 0.15) is 12.8 Å². The molecule has 1 heterocycles. The van der Waals surface area contributed by atoms with E-state index in [0.29, 0.717) is 0 Å². The molecule has 0 unspecified atom stereocenters. The molecule has 0 spiro atoms. The lowest BCUT2D eigenvalue weighted by Crippen LogP contribution is -2.48. The molecule has 1 aliphatic heterocycles. The first-order valence-electron chi connectivity index (χ1n) is 3.94. The molecule has 3 nitrogen and oxygen atoms in total. The van der Waals surface area contributed by atoms with Gasteiger partial charge < -0.3 is 10.4 Å². The molecule has 0 aromatic rings. The molecular weight excluding hydrogens is 223 g/mol. The number of halogens is 4. The Morgan fingerprint density at radius 3 is 2.43 bits per heavy atom. The molecule has 1 fully saturated rings. The quantitative estimate of drug-likeness (QED) is 0.720. The van der Waals surface area contributed by atoms with Gasteiger partial charge in [0, 0.05) is 0 Å². The number of rotatable bonds is 1. The standard InChI is InChI=1S/C7H10F3NO2.ClH/c8-7(9,10)5-3-4(6(12)13)1-2-11-5;/h4-5,11H,1-3H2,(H,12,13);1H/t4-,5+;/m1./s1. The van der Waals surface area contributed by atoms with E-state index >= 15 is 0 Å². The second kappa shape index (κ2) is 4.84. The third-order valence-corrected chi connectivity index (χ3v) is 2.15. The summed E-state index contributed by atoms with van der Waals surface area (Å²) in [5.74, 6) is -2.01. The van der Waals surface area contributed by atoms with E-state index < -0.39 is 24.1 Å². The molecule has 1 saturated heterocycles. The minimum absolute atomic E-state index is 0. The summed E-state index contributed by atoms with van der Waals surface area (Å²) >= 11 is 0. The van der Waals surface area contributed by atoms with Crippen molar-refractivity contribution in [1.29, 1.82) is 0 Å². The Morgan fingerprint density at radius 2 is 2.00 bits per heavy atom. The Balaban J connectivity index is 0.00000169. The van der Waals surface area contributed by atoms with Crippen molar-refractivity contribution >= 4 is 18.4 Å². The molecule has 0 saturated carbocycles. The van der Waals surface area contributed by atoms with Crippen LogP contribution < -0.4 is 5.32 Å². The van der Waals surface area contributed by atoms with Crippen LogP contribution >= 0.6 is 12.4 Å². The average Bonchev–Trinajstić information content (AvgIpc) is 2.03. The van der Waals surface area contributed by atoms with Crippen LogP contribution in [0.15, 0.2) is 0 Å². The summed E-state index contributed by atoms with van der Waals surface area (Å²) in [5, 5.41) is 10.8. The van der Waals surface area contributed by atoms with Crippen LogP contribution in [0.5, 0.6) is 0 Å². The fourth-order valence-electron chi connectivity index (χ4n) is 1.39. The van der Waals surface area contributed by atoms with Crippen molar-refractivity contribution in [3.05, 3.63) is 0 Å². The summed E-state index contributed by atoms with van der Waals surface area (Å²) in [6.07, 6.45) is -4.44. The maximum absolute atomic E-state index is 12.1. The first-order valence-corrected chi connectivity index (χ1v) is 3.94. The van der Waals surface area contributed by atoms with Crippen LogP contribution in [-0.2, 0) is 4.79 Å². The minimum atomic E-state index is -4.34. The highest BCUT2D eigenvalue weighted by Gasteiger charge is 2.43. The van der Waals surface area contributed by atoms with Crippen molar-refractivity contribution in [3.8, 4) is 0 Å². The number of alkyl halides is 3. The predicted octanol–water partition coefficient (Wildman–Crippen LogP) is 1.42. The van der Waals surface area contributed by atoms with E-state index in [-0.39, 0.29) is 31.8 Å². The minimum Gasteiger partial charge on any atom is -0.481 e. The van der Waals surface area contributed by atoms with Gasteiger partial charge in [-0.1, -0.05) is 0 Å². The molecule has 0 aliphatic carbocycles. The first-order chi connectivity index (χ1) is 5.91. The van der Waals surface area contributed by atoms with Crippen molar-refractivity contribution in [2.24, 2.45) is 5.92 Å². The van der Waals surface area contributed by atoms with Gasteiger partial charge in [0.1, 0.15) is 6.04 Å². The molecule has 7 heteroatoms. The summed E-state index contributed by atoms with van der Waals surface area (Å²) in [6.45, 7) is 0.112. The van der Waals surface area contributed by atoms with E-state index in [4.69, 9.17) is 5.11 Å². The van der Waals surface area contributed by atoms with Crippen LogP contribution in [0.2, 0.25) is 0 Å². The van der Waals surface area contributed by atoms with Gasteiger partial charge in [-0.25, -0.2) is 0 Å². The highest BCUT2D eigenvalue weighted by Crippen LogP contribution is 2.28. The molecule has 0 aromatic carbocycles. The van der Waals surface area contributed by atoms with Gasteiger partial charge in [-0.05, 0) is 19.4 Å². The van der Waals surface area contributed by atoms with Gasteiger partial charge in [0.2, 0.25) is 0 Å². The zero-order valence-corrected chi connectivity index (χ0v) is 7.99. The molecule has 2 atom stereocenters. The Morgan fingerprint density at radius 1 is 1.43 bits per heavy atom. The second-order valence-electron chi connectivity index (χ2n) is 3.11. The molecule has 14 heavy (non-hydrogen) atoms. The van der Waals surface area contributed by atoms with Crippen LogP contribution in [0.25, 0.3) is 0 Å². The van der Waals surface area contributed by atoms with Gasteiger partial charge in [-0.2, -0.15) is 13.2 Å². The molecule has 1 rings (SSSR count). The number of hydrogen-bond acceptors (Lipinski definition) is 2. The highest BCUT2D eigenvalue weighted by atomic mass is 35.5. The number of nitrogens with one attached hydrogen (secondary N) is 1. The van der Waals surface area contributed by atoms with E-state index in [1.807, 2.05) is 0 Å². The first kappa shape index (κ1) is 13.5. The average molecular weight is 234 g/mol. The summed E-state index contributed by atoms with van der Waals surface area (Å²) in [5.41, 5.74) is 0. The van der Waals surface area contributed by atoms with Gasteiger partial charge >= 0.3 is 12.1 Å². The topological polar surface area (TPSA) is 49.3 Å². The smallest absolute Gasteiger partial charge is 0.403 e. The summed E-state index contributed by atoms with van der Waals surface area (Å²) in [7, 11) is 0. The fourth-order valence-corrected chi connectivity index (χ4v) is 1.39. The molecule has 0 radical (unpaired) electrons. The number of hydrogen-bond donors (Lipinski definition) is 2. The van der Waals surface area contributed by atoms with Gasteiger partial charge in [0.15, 0.2) is 0 Å². The van der Waals surface area contributed by atoms with Crippen LogP contribution in [0.4, 0.5) is 13.2 Å². The van der Waals surface area contributed by atoms with E-state index in [9.17, 15) is 18.0 Å². The van der Waals surface area contributed by atoms with Gasteiger partial charge in [0.25, 0.3) is 0 Å². The van der Waals surface area contributed by atoms with Crippen molar-refractivity contribution in [2.75, 3.05) is 6.54 Å². The fraction of sp³-hybridized carbons (Fsp3) is 0.857. The zero-order valence-electron chi connectivity index (χ0n) is 7.17. The number of aliphatic carboxylic acids is 1. The molecule has 0 amide bonds. The summed E-state index contributed by atoms with van der Waals surface area (Å²) < 4.78 is 36.4. The highest BCUT2D eigenvalue weighted by molar-refractivity contribution is 5.85. The predicted molar refractivity (Wildman–Crippen MR) is 45.5 cm³/mol. The van der Waals surface area contributed by atoms with E-state index in [1.165, 1.54) is 0 Å². The zero-order chi connectivity index (χ0) is 10.1. The SMILES string of the molecule is Cl.O=C(O)[C@@H]1CCN[C@H](C(F)(F)F)C1. The molecule has 0 aromatic heterocycles. The Kier molecular flexibility index (Phi) is 4.67. The Hall–Kier alpha value is -0.490. The van der Waals surface area contributed by atoms with E-state index in [1.54, 1.807) is 0 Å². The second-order valence-corrected chi connectivity index (χ2v) is 3.11.